The fourth-order valence-electron chi connectivity index (χ4n) is 2.34. The van der Waals surface area contributed by atoms with E-state index in [9.17, 15) is 4.79 Å². The van der Waals surface area contributed by atoms with E-state index in [-0.39, 0.29) is 12.6 Å². The van der Waals surface area contributed by atoms with Crippen molar-refractivity contribution in [3.05, 3.63) is 64.7 Å². The van der Waals surface area contributed by atoms with Crippen LogP contribution in [0.1, 0.15) is 24.1 Å². The number of ether oxygens (including phenoxy) is 1. The van der Waals surface area contributed by atoms with Gasteiger partial charge in [-0.1, -0.05) is 35.9 Å². The van der Waals surface area contributed by atoms with Gasteiger partial charge in [0.25, 0.3) is 5.91 Å². The van der Waals surface area contributed by atoms with Crippen LogP contribution in [-0.4, -0.2) is 25.5 Å². The van der Waals surface area contributed by atoms with E-state index in [1.165, 1.54) is 0 Å². The Morgan fingerprint density at radius 2 is 2.04 bits per heavy atom. The molecule has 0 bridgehead atoms. The molecule has 1 unspecified atom stereocenters. The van der Waals surface area contributed by atoms with E-state index in [0.29, 0.717) is 23.3 Å². The predicted octanol–water partition coefficient (Wildman–Crippen LogP) is 2.63. The lowest BCUT2D eigenvalue weighted by atomic mass is 10.1. The normalized spacial score (nSPS) is 12.3. The highest BCUT2D eigenvalue weighted by atomic mass is 35.5. The predicted molar refractivity (Wildman–Crippen MR) is 104 cm³/mol. The molecule has 2 aromatic carbocycles. The second kappa shape index (κ2) is 9.68. The molecule has 0 aromatic heterocycles. The summed E-state index contributed by atoms with van der Waals surface area (Å²) in [5.74, 6) is 0.757. The van der Waals surface area contributed by atoms with Gasteiger partial charge in [0.2, 0.25) is 0 Å². The van der Waals surface area contributed by atoms with Crippen LogP contribution in [0.3, 0.4) is 0 Å². The minimum atomic E-state index is -0.506. The average molecular weight is 375 g/mol. The van der Waals surface area contributed by atoms with Crippen molar-refractivity contribution in [3.8, 4) is 5.75 Å². The van der Waals surface area contributed by atoms with E-state index < -0.39 is 5.91 Å². The molecule has 6 nitrogen and oxygen atoms in total. The molecule has 2 aromatic rings. The highest BCUT2D eigenvalue weighted by Gasteiger charge is 2.08. The number of hydrogen-bond donors (Lipinski definition) is 3. The number of carbonyl (C=O) groups is 1. The molecule has 1 atom stereocenters. The lowest BCUT2D eigenvalue weighted by molar-refractivity contribution is -0.119. The van der Waals surface area contributed by atoms with Crippen LogP contribution in [0.25, 0.3) is 0 Å². The van der Waals surface area contributed by atoms with Crippen molar-refractivity contribution in [2.24, 2.45) is 10.7 Å². The molecule has 0 aliphatic rings. The highest BCUT2D eigenvalue weighted by molar-refractivity contribution is 6.30. The number of rotatable bonds is 7. The van der Waals surface area contributed by atoms with Crippen LogP contribution in [-0.2, 0) is 11.3 Å². The number of nitrogens with zero attached hydrogens (tertiary/aromatic N) is 1. The molecule has 0 aliphatic heterocycles. The van der Waals surface area contributed by atoms with E-state index >= 15 is 0 Å². The molecular weight excluding hydrogens is 352 g/mol. The Morgan fingerprint density at radius 3 is 2.73 bits per heavy atom. The maximum Gasteiger partial charge on any atom is 0.255 e. The molecule has 0 fully saturated rings. The Bertz CT molecular complexity index is 780. The van der Waals surface area contributed by atoms with Gasteiger partial charge in [-0.25, -0.2) is 0 Å². The fourth-order valence-corrected chi connectivity index (χ4v) is 2.54. The third-order valence-corrected chi connectivity index (χ3v) is 3.90. The van der Waals surface area contributed by atoms with Gasteiger partial charge in [0, 0.05) is 18.6 Å². The molecule has 138 valence electrons. The van der Waals surface area contributed by atoms with Crippen LogP contribution in [0.4, 0.5) is 0 Å². The Kier molecular flexibility index (Phi) is 7.29. The average Bonchev–Trinajstić information content (AvgIpc) is 2.63. The molecular formula is C19H23ClN4O2. The Labute approximate surface area is 158 Å². The molecule has 0 aliphatic carbocycles. The summed E-state index contributed by atoms with van der Waals surface area (Å²) in [6.45, 7) is 2.45. The van der Waals surface area contributed by atoms with E-state index in [1.54, 1.807) is 13.1 Å². The SMILES string of the molecule is CN=C(NCc1cccc(OCC(N)=O)c1)NC(C)c1cccc(Cl)c1. The number of halogens is 1. The summed E-state index contributed by atoms with van der Waals surface area (Å²) >= 11 is 6.05. The smallest absolute Gasteiger partial charge is 0.255 e. The third-order valence-electron chi connectivity index (χ3n) is 3.67. The Balaban J connectivity index is 1.92. The number of hydrogen-bond acceptors (Lipinski definition) is 3. The van der Waals surface area contributed by atoms with Gasteiger partial charge in [-0.3, -0.25) is 9.79 Å². The molecule has 0 saturated carbocycles. The van der Waals surface area contributed by atoms with Gasteiger partial charge >= 0.3 is 0 Å². The van der Waals surface area contributed by atoms with Crippen molar-refractivity contribution >= 4 is 23.5 Å². The van der Waals surface area contributed by atoms with Crippen molar-refractivity contribution in [2.75, 3.05) is 13.7 Å². The van der Waals surface area contributed by atoms with Crippen molar-refractivity contribution in [1.82, 2.24) is 10.6 Å². The number of aliphatic imine (C=N–C) groups is 1. The molecule has 26 heavy (non-hydrogen) atoms. The number of amides is 1. The summed E-state index contributed by atoms with van der Waals surface area (Å²) in [4.78, 5) is 15.0. The maximum absolute atomic E-state index is 10.8. The van der Waals surface area contributed by atoms with Crippen LogP contribution in [0.2, 0.25) is 5.02 Å². The van der Waals surface area contributed by atoms with E-state index in [0.717, 1.165) is 11.1 Å². The molecule has 4 N–H and O–H groups in total. The van der Waals surface area contributed by atoms with Crippen molar-refractivity contribution < 1.29 is 9.53 Å². The number of nitrogens with one attached hydrogen (secondary N) is 2. The van der Waals surface area contributed by atoms with Gasteiger partial charge in [-0.2, -0.15) is 0 Å². The monoisotopic (exact) mass is 374 g/mol. The van der Waals surface area contributed by atoms with Crippen molar-refractivity contribution in [1.29, 1.82) is 0 Å². The van der Waals surface area contributed by atoms with Crippen molar-refractivity contribution in [3.63, 3.8) is 0 Å². The molecule has 0 radical (unpaired) electrons. The number of guanidine groups is 1. The zero-order chi connectivity index (χ0) is 18.9. The van der Waals surface area contributed by atoms with Crippen molar-refractivity contribution in [2.45, 2.75) is 19.5 Å². The van der Waals surface area contributed by atoms with Crippen LogP contribution in [0, 0.1) is 0 Å². The summed E-state index contributed by atoms with van der Waals surface area (Å²) in [6.07, 6.45) is 0. The zero-order valence-corrected chi connectivity index (χ0v) is 15.6. The van der Waals surface area contributed by atoms with Crippen LogP contribution < -0.4 is 21.1 Å². The summed E-state index contributed by atoms with van der Waals surface area (Å²) in [5.41, 5.74) is 7.15. The van der Waals surface area contributed by atoms with E-state index in [1.807, 2.05) is 49.4 Å². The number of nitrogens with two attached hydrogens (primary N) is 1. The van der Waals surface area contributed by atoms with Gasteiger partial charge in [0.15, 0.2) is 12.6 Å². The number of primary amides is 1. The van der Waals surface area contributed by atoms with Gasteiger partial charge < -0.3 is 21.1 Å². The van der Waals surface area contributed by atoms with Crippen LogP contribution in [0.15, 0.2) is 53.5 Å². The Hall–Kier alpha value is -2.73. The van der Waals surface area contributed by atoms with E-state index in [4.69, 9.17) is 22.1 Å². The fraction of sp³-hybridized carbons (Fsp3) is 0.263. The topological polar surface area (TPSA) is 88.7 Å². The van der Waals surface area contributed by atoms with Crippen LogP contribution in [0.5, 0.6) is 5.75 Å². The first kappa shape index (κ1) is 19.6. The minimum Gasteiger partial charge on any atom is -0.484 e. The quantitative estimate of drug-likeness (QED) is 0.513. The molecule has 0 spiro atoms. The largest absolute Gasteiger partial charge is 0.484 e. The first-order valence-corrected chi connectivity index (χ1v) is 8.58. The first-order chi connectivity index (χ1) is 12.5. The van der Waals surface area contributed by atoms with E-state index in [2.05, 4.69) is 15.6 Å². The summed E-state index contributed by atoms with van der Waals surface area (Å²) in [5, 5.41) is 7.28. The minimum absolute atomic E-state index is 0.0464. The van der Waals surface area contributed by atoms with Crippen LogP contribution >= 0.6 is 11.6 Å². The highest BCUT2D eigenvalue weighted by Crippen LogP contribution is 2.17. The molecule has 1 amide bonds. The number of carbonyl (C=O) groups excluding carboxylic acids is 1. The molecule has 0 heterocycles. The maximum atomic E-state index is 10.8. The first-order valence-electron chi connectivity index (χ1n) is 8.20. The third kappa shape index (κ3) is 6.29. The summed E-state index contributed by atoms with van der Waals surface area (Å²) in [6, 6.07) is 15.2. The standard InChI is InChI=1S/C19H23ClN4O2/c1-13(15-6-4-7-16(20)10-15)24-19(22-2)23-11-14-5-3-8-17(9-14)26-12-18(21)25/h3-10,13H,11-12H2,1-2H3,(H2,21,25)(H2,22,23,24). The second-order valence-corrected chi connectivity index (χ2v) is 6.19. The molecule has 0 saturated heterocycles. The lowest BCUT2D eigenvalue weighted by Crippen LogP contribution is -2.38. The molecule has 2 rings (SSSR count). The van der Waals surface area contributed by atoms with Gasteiger partial charge in [-0.15, -0.1) is 0 Å². The number of benzene rings is 2. The Morgan fingerprint density at radius 1 is 1.27 bits per heavy atom. The van der Waals surface area contributed by atoms with Gasteiger partial charge in [0.05, 0.1) is 6.04 Å². The molecule has 7 heteroatoms. The zero-order valence-electron chi connectivity index (χ0n) is 14.8. The summed E-state index contributed by atoms with van der Waals surface area (Å²) in [7, 11) is 1.71. The second-order valence-electron chi connectivity index (χ2n) is 5.75. The van der Waals surface area contributed by atoms with Gasteiger partial charge in [-0.05, 0) is 42.3 Å². The lowest BCUT2D eigenvalue weighted by Gasteiger charge is -2.18. The summed E-state index contributed by atoms with van der Waals surface area (Å²) < 4.78 is 5.31. The van der Waals surface area contributed by atoms with Gasteiger partial charge in [0.1, 0.15) is 5.75 Å².